The summed E-state index contributed by atoms with van der Waals surface area (Å²) < 4.78 is 3.47. The SMILES string of the molecule is CN(C)[C@@H]1CN(C(=O)c2ccnc(-n3cccn3)c2)C[C@@H]1n1ccnn1. The quantitative estimate of drug-likeness (QED) is 0.679. The maximum atomic E-state index is 13.1. The second-order valence-corrected chi connectivity index (χ2v) is 6.54. The van der Waals surface area contributed by atoms with Crippen LogP contribution in [0.25, 0.3) is 5.82 Å². The standard InChI is InChI=1S/C17H20N8O/c1-22(2)14-11-23(12-15(14)24-9-7-19-21-24)17(26)13-4-6-18-16(10-13)25-8-3-5-20-25/h3-10,14-15H,11-12H2,1-2H3/t14-,15+/m1/s1. The second-order valence-electron chi connectivity index (χ2n) is 6.54. The Labute approximate surface area is 150 Å². The molecule has 1 fully saturated rings. The van der Waals surface area contributed by atoms with Crippen LogP contribution < -0.4 is 0 Å². The normalized spacial score (nSPS) is 20.0. The third-order valence-electron chi connectivity index (χ3n) is 4.72. The topological polar surface area (TPSA) is 85.0 Å². The second kappa shape index (κ2) is 6.68. The summed E-state index contributed by atoms with van der Waals surface area (Å²) in [6.45, 7) is 1.22. The van der Waals surface area contributed by atoms with Gasteiger partial charge in [-0.05, 0) is 32.3 Å². The summed E-state index contributed by atoms with van der Waals surface area (Å²) in [4.78, 5) is 21.3. The van der Waals surface area contributed by atoms with Gasteiger partial charge >= 0.3 is 0 Å². The lowest BCUT2D eigenvalue weighted by atomic mass is 10.1. The molecule has 1 saturated heterocycles. The van der Waals surface area contributed by atoms with E-state index in [1.807, 2.05) is 35.9 Å². The van der Waals surface area contributed by atoms with Crippen molar-refractivity contribution in [2.75, 3.05) is 27.2 Å². The molecule has 0 unspecified atom stereocenters. The average Bonchev–Trinajstić information content (AvgIpc) is 3.42. The minimum Gasteiger partial charge on any atom is -0.335 e. The van der Waals surface area contributed by atoms with E-state index >= 15 is 0 Å². The van der Waals surface area contributed by atoms with Crippen LogP contribution in [0.1, 0.15) is 16.4 Å². The molecular formula is C17H20N8O. The van der Waals surface area contributed by atoms with Crippen LogP contribution in [0, 0.1) is 0 Å². The molecule has 1 aliphatic heterocycles. The van der Waals surface area contributed by atoms with Gasteiger partial charge in [0.25, 0.3) is 5.91 Å². The lowest BCUT2D eigenvalue weighted by molar-refractivity contribution is 0.0781. The number of likely N-dealkylation sites (N-methyl/N-ethyl adjacent to an activating group) is 1. The number of amides is 1. The Morgan fingerprint density at radius 3 is 2.77 bits per heavy atom. The number of hydrogen-bond donors (Lipinski definition) is 0. The number of hydrogen-bond acceptors (Lipinski definition) is 6. The zero-order chi connectivity index (χ0) is 18.1. The Morgan fingerprint density at radius 2 is 2.08 bits per heavy atom. The van der Waals surface area contributed by atoms with E-state index < -0.39 is 0 Å². The predicted octanol–water partition coefficient (Wildman–Crippen LogP) is 0.486. The fourth-order valence-electron chi connectivity index (χ4n) is 3.36. The lowest BCUT2D eigenvalue weighted by Gasteiger charge is -2.24. The summed E-state index contributed by atoms with van der Waals surface area (Å²) in [5, 5.41) is 12.2. The highest BCUT2D eigenvalue weighted by atomic mass is 16.2. The number of carbonyl (C=O) groups is 1. The van der Waals surface area contributed by atoms with Crippen molar-refractivity contribution in [3.05, 3.63) is 54.7 Å². The Bertz CT molecular complexity index is 874. The molecule has 134 valence electrons. The van der Waals surface area contributed by atoms with Crippen LogP contribution in [0.3, 0.4) is 0 Å². The summed E-state index contributed by atoms with van der Waals surface area (Å²) in [6, 6.07) is 5.57. The molecule has 3 aromatic rings. The van der Waals surface area contributed by atoms with Crippen LogP contribution in [-0.4, -0.2) is 78.7 Å². The van der Waals surface area contributed by atoms with Gasteiger partial charge in [0.2, 0.25) is 0 Å². The summed E-state index contributed by atoms with van der Waals surface area (Å²) in [5.74, 6) is 0.604. The Hall–Kier alpha value is -3.07. The summed E-state index contributed by atoms with van der Waals surface area (Å²) in [6.07, 6.45) is 8.63. The van der Waals surface area contributed by atoms with Crippen molar-refractivity contribution in [3.63, 3.8) is 0 Å². The number of aromatic nitrogens is 6. The molecule has 0 spiro atoms. The average molecular weight is 352 g/mol. The molecule has 0 N–H and O–H groups in total. The van der Waals surface area contributed by atoms with Gasteiger partial charge < -0.3 is 9.80 Å². The van der Waals surface area contributed by atoms with Gasteiger partial charge in [-0.1, -0.05) is 5.21 Å². The first-order chi connectivity index (χ1) is 12.6. The third-order valence-corrected chi connectivity index (χ3v) is 4.72. The molecular weight excluding hydrogens is 332 g/mol. The Balaban J connectivity index is 1.58. The third kappa shape index (κ3) is 2.97. The van der Waals surface area contributed by atoms with E-state index in [9.17, 15) is 4.79 Å². The molecule has 9 heteroatoms. The van der Waals surface area contributed by atoms with Gasteiger partial charge in [-0.3, -0.25) is 4.79 Å². The molecule has 0 aliphatic carbocycles. The largest absolute Gasteiger partial charge is 0.335 e. The first-order valence-corrected chi connectivity index (χ1v) is 8.41. The molecule has 3 aromatic heterocycles. The summed E-state index contributed by atoms with van der Waals surface area (Å²) in [5.41, 5.74) is 0.599. The fourth-order valence-corrected chi connectivity index (χ4v) is 3.36. The number of likely N-dealkylation sites (tertiary alicyclic amines) is 1. The minimum atomic E-state index is -0.0183. The smallest absolute Gasteiger partial charge is 0.254 e. The van der Waals surface area contributed by atoms with Crippen LogP contribution in [0.5, 0.6) is 0 Å². The van der Waals surface area contributed by atoms with Gasteiger partial charge in [0.1, 0.15) is 0 Å². The van der Waals surface area contributed by atoms with E-state index in [1.54, 1.807) is 41.6 Å². The van der Waals surface area contributed by atoms with Crippen molar-refractivity contribution in [2.45, 2.75) is 12.1 Å². The number of nitrogens with zero attached hydrogens (tertiary/aromatic N) is 8. The van der Waals surface area contributed by atoms with Crippen LogP contribution in [0.15, 0.2) is 49.2 Å². The van der Waals surface area contributed by atoms with Gasteiger partial charge in [0.15, 0.2) is 5.82 Å². The monoisotopic (exact) mass is 352 g/mol. The van der Waals surface area contributed by atoms with Crippen molar-refractivity contribution in [1.29, 1.82) is 0 Å². The molecule has 1 amide bonds. The van der Waals surface area contributed by atoms with Crippen molar-refractivity contribution < 1.29 is 4.79 Å². The van der Waals surface area contributed by atoms with E-state index in [2.05, 4.69) is 25.3 Å². The summed E-state index contributed by atoms with van der Waals surface area (Å²) >= 11 is 0. The maximum Gasteiger partial charge on any atom is 0.254 e. The molecule has 0 radical (unpaired) electrons. The van der Waals surface area contributed by atoms with E-state index in [1.165, 1.54) is 0 Å². The molecule has 9 nitrogen and oxygen atoms in total. The minimum absolute atomic E-state index is 0.0183. The van der Waals surface area contributed by atoms with Crippen LogP contribution in [0.4, 0.5) is 0 Å². The van der Waals surface area contributed by atoms with Gasteiger partial charge in [-0.15, -0.1) is 5.10 Å². The van der Waals surface area contributed by atoms with Crippen LogP contribution in [0.2, 0.25) is 0 Å². The molecule has 4 rings (SSSR count). The van der Waals surface area contributed by atoms with Gasteiger partial charge in [0.05, 0.1) is 18.3 Å². The van der Waals surface area contributed by atoms with E-state index in [0.717, 1.165) is 0 Å². The highest BCUT2D eigenvalue weighted by molar-refractivity contribution is 5.94. The molecule has 26 heavy (non-hydrogen) atoms. The first-order valence-electron chi connectivity index (χ1n) is 8.41. The Kier molecular flexibility index (Phi) is 4.21. The molecule has 0 aromatic carbocycles. The highest BCUT2D eigenvalue weighted by Crippen LogP contribution is 2.26. The van der Waals surface area contributed by atoms with Crippen molar-refractivity contribution in [1.82, 2.24) is 39.6 Å². The Morgan fingerprint density at radius 1 is 1.19 bits per heavy atom. The predicted molar refractivity (Wildman–Crippen MR) is 93.8 cm³/mol. The van der Waals surface area contributed by atoms with Crippen LogP contribution in [-0.2, 0) is 0 Å². The van der Waals surface area contributed by atoms with E-state index in [4.69, 9.17) is 0 Å². The zero-order valence-corrected chi connectivity index (χ0v) is 14.7. The lowest BCUT2D eigenvalue weighted by Crippen LogP contribution is -2.37. The van der Waals surface area contributed by atoms with Crippen LogP contribution >= 0.6 is 0 Å². The fraction of sp³-hybridized carbons (Fsp3) is 0.353. The zero-order valence-electron chi connectivity index (χ0n) is 14.7. The molecule has 0 saturated carbocycles. The molecule has 0 bridgehead atoms. The van der Waals surface area contributed by atoms with E-state index in [0.29, 0.717) is 24.5 Å². The number of pyridine rings is 1. The summed E-state index contributed by atoms with van der Waals surface area (Å²) in [7, 11) is 4.04. The molecule has 2 atom stereocenters. The van der Waals surface area contributed by atoms with Crippen molar-refractivity contribution >= 4 is 5.91 Å². The van der Waals surface area contributed by atoms with Crippen molar-refractivity contribution in [2.24, 2.45) is 0 Å². The molecule has 1 aliphatic rings. The molecule has 4 heterocycles. The maximum absolute atomic E-state index is 13.1. The number of carbonyl (C=O) groups excluding carboxylic acids is 1. The van der Waals surface area contributed by atoms with Gasteiger partial charge in [-0.2, -0.15) is 5.10 Å². The highest BCUT2D eigenvalue weighted by Gasteiger charge is 2.38. The first kappa shape index (κ1) is 16.4. The van der Waals surface area contributed by atoms with Crippen molar-refractivity contribution in [3.8, 4) is 5.82 Å². The van der Waals surface area contributed by atoms with E-state index in [-0.39, 0.29) is 18.0 Å². The van der Waals surface area contributed by atoms with Gasteiger partial charge in [-0.25, -0.2) is 14.3 Å². The number of rotatable bonds is 4. The van der Waals surface area contributed by atoms with Gasteiger partial charge in [0, 0.05) is 43.4 Å².